The highest BCUT2D eigenvalue weighted by molar-refractivity contribution is 7.09. The van der Waals surface area contributed by atoms with Crippen molar-refractivity contribution >= 4 is 23.2 Å². The molecule has 0 saturated heterocycles. The Balaban J connectivity index is 0.00000432. The average Bonchev–Trinajstić information content (AvgIpc) is 3.49. The van der Waals surface area contributed by atoms with Crippen LogP contribution in [0.15, 0.2) is 46.6 Å². The number of ether oxygens (including phenoxy) is 1. The van der Waals surface area contributed by atoms with Crippen molar-refractivity contribution in [1.82, 2.24) is 20.6 Å². The molecule has 0 saturated carbocycles. The summed E-state index contributed by atoms with van der Waals surface area (Å²) >= 11 is 1.55. The van der Waals surface area contributed by atoms with Crippen LogP contribution in [-0.2, 0) is 23.2 Å². The first-order valence-corrected chi connectivity index (χ1v) is 12.3. The van der Waals surface area contributed by atoms with E-state index in [9.17, 15) is 9.59 Å². The molecule has 0 spiro atoms. The lowest BCUT2D eigenvalue weighted by molar-refractivity contribution is -0.123. The number of aromatic nitrogens is 2. The normalized spacial score (nSPS) is 12.2. The molecule has 0 fully saturated rings. The van der Waals surface area contributed by atoms with E-state index >= 15 is 0 Å². The topological polar surface area (TPSA) is 106 Å². The summed E-state index contributed by atoms with van der Waals surface area (Å²) in [6.07, 6.45) is 5.48. The van der Waals surface area contributed by atoms with Gasteiger partial charge in [-0.3, -0.25) is 14.6 Å². The third-order valence-electron chi connectivity index (χ3n) is 5.13. The Hall–Kier alpha value is -3.20. The van der Waals surface area contributed by atoms with Crippen LogP contribution in [0.2, 0.25) is 0 Å². The molecule has 8 nitrogen and oxygen atoms in total. The van der Waals surface area contributed by atoms with Gasteiger partial charge in [0, 0.05) is 30.9 Å². The van der Waals surface area contributed by atoms with Gasteiger partial charge in [-0.1, -0.05) is 46.2 Å². The molecule has 2 heterocycles. The Morgan fingerprint density at radius 1 is 1.24 bits per heavy atom. The van der Waals surface area contributed by atoms with Crippen LogP contribution in [0.4, 0.5) is 0 Å². The molecular formula is C25H34N4O4S. The van der Waals surface area contributed by atoms with Crippen LogP contribution in [0.25, 0.3) is 0 Å². The number of carbonyl (C=O) groups excluding carboxylic acids is 2. The summed E-state index contributed by atoms with van der Waals surface area (Å²) in [5, 5.41) is 5.77. The second kappa shape index (κ2) is 11.8. The molecule has 184 valence electrons. The van der Waals surface area contributed by atoms with Crippen molar-refractivity contribution in [2.24, 2.45) is 0 Å². The van der Waals surface area contributed by atoms with Crippen LogP contribution in [0.1, 0.15) is 68.8 Å². The largest absolute Gasteiger partial charge is 0.483 e. The lowest BCUT2D eigenvalue weighted by Gasteiger charge is -2.19. The molecule has 9 heteroatoms. The first-order chi connectivity index (χ1) is 16.3. The van der Waals surface area contributed by atoms with E-state index in [1.165, 1.54) is 0 Å². The molecule has 1 aromatic carbocycles. The lowest BCUT2D eigenvalue weighted by Crippen LogP contribution is -2.47. The van der Waals surface area contributed by atoms with E-state index < -0.39 is 6.04 Å². The van der Waals surface area contributed by atoms with Crippen LogP contribution in [0.3, 0.4) is 0 Å². The fraction of sp³-hybridized carbons (Fsp3) is 0.440. The highest BCUT2D eigenvalue weighted by Crippen LogP contribution is 2.24. The molecule has 0 unspecified atom stereocenters. The number of para-hydroxylation sites is 1. The summed E-state index contributed by atoms with van der Waals surface area (Å²) in [5.74, 6) is 1.03. The fourth-order valence-electron chi connectivity index (χ4n) is 3.23. The van der Waals surface area contributed by atoms with Gasteiger partial charge in [0.2, 0.25) is 11.8 Å². The smallest absolute Gasteiger partial charge is 0.255 e. The van der Waals surface area contributed by atoms with E-state index in [0.29, 0.717) is 36.6 Å². The van der Waals surface area contributed by atoms with E-state index in [4.69, 9.17) is 9.15 Å². The Morgan fingerprint density at radius 2 is 2.03 bits per heavy atom. The van der Waals surface area contributed by atoms with Crippen LogP contribution in [-0.4, -0.2) is 34.4 Å². The van der Waals surface area contributed by atoms with Crippen LogP contribution in [0.5, 0.6) is 5.75 Å². The zero-order valence-corrected chi connectivity index (χ0v) is 20.9. The Bertz CT molecular complexity index is 1080. The van der Waals surface area contributed by atoms with Crippen LogP contribution < -0.4 is 15.4 Å². The van der Waals surface area contributed by atoms with Gasteiger partial charge in [0.05, 0.1) is 17.3 Å². The number of nitrogens with zero attached hydrogens (tertiary/aromatic N) is 2. The number of carbonyl (C=O) groups is 2. The van der Waals surface area contributed by atoms with Crippen molar-refractivity contribution in [1.29, 1.82) is 0 Å². The summed E-state index contributed by atoms with van der Waals surface area (Å²) in [7, 11) is 0. The maximum atomic E-state index is 13.0. The molecule has 1 atom stereocenters. The summed E-state index contributed by atoms with van der Waals surface area (Å²) in [4.78, 5) is 35.2. The predicted molar refractivity (Wildman–Crippen MR) is 133 cm³/mol. The van der Waals surface area contributed by atoms with Crippen molar-refractivity contribution in [3.8, 4) is 5.75 Å². The highest BCUT2D eigenvalue weighted by atomic mass is 32.1. The van der Waals surface area contributed by atoms with E-state index in [-0.39, 0.29) is 25.3 Å². The highest BCUT2D eigenvalue weighted by Gasteiger charge is 2.23. The van der Waals surface area contributed by atoms with Gasteiger partial charge in [0.1, 0.15) is 17.6 Å². The van der Waals surface area contributed by atoms with Crippen LogP contribution >= 0.6 is 11.3 Å². The maximum absolute atomic E-state index is 13.0. The molecule has 0 aliphatic carbocycles. The van der Waals surface area contributed by atoms with Crippen molar-refractivity contribution in [3.63, 3.8) is 0 Å². The minimum Gasteiger partial charge on any atom is -0.483 e. The molecule has 0 radical (unpaired) electrons. The SMILES string of the molecule is CCC[C@@H](NC(=O)c1ccccc1OCc1ncc(C(C)(C)C)o1)C(=O)NCCc1cncs1.[HH]. The molecule has 0 aliphatic rings. The minimum absolute atomic E-state index is 0. The Kier molecular flexibility index (Phi) is 8.81. The van der Waals surface area contributed by atoms with Gasteiger partial charge in [-0.15, -0.1) is 11.3 Å². The van der Waals surface area contributed by atoms with Gasteiger partial charge < -0.3 is 19.8 Å². The quantitative estimate of drug-likeness (QED) is 0.413. The van der Waals surface area contributed by atoms with Crippen molar-refractivity contribution in [3.05, 3.63) is 64.3 Å². The molecule has 2 N–H and O–H groups in total. The average molecular weight is 487 g/mol. The summed E-state index contributed by atoms with van der Waals surface area (Å²) in [6, 6.07) is 6.30. The third kappa shape index (κ3) is 7.15. The van der Waals surface area contributed by atoms with Crippen molar-refractivity contribution in [2.75, 3.05) is 6.54 Å². The number of rotatable bonds is 11. The van der Waals surface area contributed by atoms with E-state index in [2.05, 4.69) is 20.6 Å². The number of nitrogens with one attached hydrogen (secondary N) is 2. The molecule has 3 rings (SSSR count). The van der Waals surface area contributed by atoms with Gasteiger partial charge >= 0.3 is 0 Å². The molecular weight excluding hydrogens is 452 g/mol. The molecule has 2 aromatic heterocycles. The molecule has 34 heavy (non-hydrogen) atoms. The molecule has 0 bridgehead atoms. The second-order valence-corrected chi connectivity index (χ2v) is 9.95. The number of thiazole rings is 1. The zero-order chi connectivity index (χ0) is 24.6. The minimum atomic E-state index is -0.631. The number of oxazole rings is 1. The molecule has 0 aliphatic heterocycles. The molecule has 3 aromatic rings. The maximum Gasteiger partial charge on any atom is 0.255 e. The van der Waals surface area contributed by atoms with Gasteiger partial charge in [0.15, 0.2) is 6.61 Å². The van der Waals surface area contributed by atoms with E-state index in [1.807, 2.05) is 27.7 Å². The van der Waals surface area contributed by atoms with Crippen LogP contribution in [0, 0.1) is 0 Å². The number of amides is 2. The first kappa shape index (κ1) is 25.4. The van der Waals surface area contributed by atoms with Gasteiger partial charge in [-0.2, -0.15) is 0 Å². The molecule has 2 amide bonds. The second-order valence-electron chi connectivity index (χ2n) is 8.98. The Morgan fingerprint density at radius 3 is 2.71 bits per heavy atom. The van der Waals surface area contributed by atoms with Gasteiger partial charge in [0.25, 0.3) is 5.91 Å². The van der Waals surface area contributed by atoms with Gasteiger partial charge in [-0.05, 0) is 18.6 Å². The van der Waals surface area contributed by atoms with Crippen molar-refractivity contribution < 1.29 is 20.2 Å². The number of hydrogen-bond donors (Lipinski definition) is 2. The summed E-state index contributed by atoms with van der Waals surface area (Å²) in [5.41, 5.74) is 1.96. The third-order valence-corrected chi connectivity index (χ3v) is 5.97. The van der Waals surface area contributed by atoms with E-state index in [0.717, 1.165) is 17.1 Å². The predicted octanol–water partition coefficient (Wildman–Crippen LogP) is 4.51. The van der Waals surface area contributed by atoms with Gasteiger partial charge in [-0.25, -0.2) is 4.98 Å². The number of benzene rings is 1. The fourth-order valence-corrected chi connectivity index (χ4v) is 3.83. The summed E-state index contributed by atoms with van der Waals surface area (Å²) < 4.78 is 11.6. The monoisotopic (exact) mass is 486 g/mol. The number of hydrogen-bond acceptors (Lipinski definition) is 7. The standard InChI is InChI=1S/C25H32N4O4S.H2/c1-5-8-19(24(31)27-12-11-17-13-26-16-34-17)29-23(30)18-9-6-7-10-20(18)32-15-22-28-14-21(33-22)25(2,3)4;/h6-7,9-10,13-14,16,19H,5,8,11-12,15H2,1-4H3,(H,27,31)(H,29,30);1H/t19-;/m1./s1. The van der Waals surface area contributed by atoms with Crippen molar-refractivity contribution in [2.45, 2.75) is 65.0 Å². The lowest BCUT2D eigenvalue weighted by atomic mass is 9.94. The first-order valence-electron chi connectivity index (χ1n) is 11.4. The Labute approximate surface area is 205 Å². The van der Waals surface area contributed by atoms with E-state index in [1.54, 1.807) is 53.5 Å². The zero-order valence-electron chi connectivity index (χ0n) is 20.1. The summed E-state index contributed by atoms with van der Waals surface area (Å²) in [6.45, 7) is 8.68.